The minimum atomic E-state index is -1.02. The van der Waals surface area contributed by atoms with E-state index in [1.54, 1.807) is 24.4 Å². The molecule has 0 bridgehead atoms. The zero-order chi connectivity index (χ0) is 23.1. The molecule has 0 saturated carbocycles. The Morgan fingerprint density at radius 2 is 1.72 bits per heavy atom. The first-order valence-corrected chi connectivity index (χ1v) is 10.0. The zero-order valence-electron chi connectivity index (χ0n) is 16.4. The second-order valence-corrected chi connectivity index (χ2v) is 7.51. The molecule has 0 saturated heterocycles. The molecule has 0 aliphatic carbocycles. The number of carbonyl (C=O) groups is 2. The molecule has 0 radical (unpaired) electrons. The maximum absolute atomic E-state index is 12.8. The molecular weight excluding hydrogens is 457 g/mol. The molecular formula is C21H17Cl2N5O4. The van der Waals surface area contributed by atoms with E-state index in [2.05, 4.69) is 21.2 Å². The van der Waals surface area contributed by atoms with Crippen molar-refractivity contribution in [1.82, 2.24) is 15.7 Å². The van der Waals surface area contributed by atoms with Crippen LogP contribution in [0.25, 0.3) is 0 Å². The number of nitrogens with zero attached hydrogens (tertiary/aromatic N) is 2. The van der Waals surface area contributed by atoms with Gasteiger partial charge in [0.25, 0.3) is 17.5 Å². The Morgan fingerprint density at radius 1 is 1.03 bits per heavy atom. The quantitative estimate of drug-likeness (QED) is 0.337. The van der Waals surface area contributed by atoms with Crippen LogP contribution in [-0.2, 0) is 11.2 Å². The molecule has 0 aliphatic heterocycles. The van der Waals surface area contributed by atoms with E-state index >= 15 is 0 Å². The third-order valence-electron chi connectivity index (χ3n) is 4.31. The molecule has 0 fully saturated rings. The number of nitrogens with one attached hydrogen (secondary N) is 3. The van der Waals surface area contributed by atoms with Gasteiger partial charge < -0.3 is 5.32 Å². The monoisotopic (exact) mass is 473 g/mol. The summed E-state index contributed by atoms with van der Waals surface area (Å²) in [5.74, 6) is -0.701. The summed E-state index contributed by atoms with van der Waals surface area (Å²) in [5.41, 5.74) is 5.89. The number of hydrazine groups is 1. The first kappa shape index (κ1) is 23.0. The van der Waals surface area contributed by atoms with E-state index in [0.29, 0.717) is 11.4 Å². The van der Waals surface area contributed by atoms with Crippen molar-refractivity contribution in [2.45, 2.75) is 12.5 Å². The van der Waals surface area contributed by atoms with Crippen molar-refractivity contribution in [2.24, 2.45) is 0 Å². The van der Waals surface area contributed by atoms with Crippen LogP contribution in [0, 0.1) is 10.1 Å². The molecule has 0 unspecified atom stereocenters. The molecule has 3 rings (SSSR count). The van der Waals surface area contributed by atoms with Gasteiger partial charge in [0.15, 0.2) is 0 Å². The molecule has 9 nitrogen and oxygen atoms in total. The first-order chi connectivity index (χ1) is 15.3. The minimum absolute atomic E-state index is 0.0771. The molecule has 3 N–H and O–H groups in total. The lowest BCUT2D eigenvalue weighted by Crippen LogP contribution is -2.49. The van der Waals surface area contributed by atoms with Gasteiger partial charge in [0, 0.05) is 40.4 Å². The van der Waals surface area contributed by atoms with E-state index < -0.39 is 22.8 Å². The summed E-state index contributed by atoms with van der Waals surface area (Å²) in [7, 11) is 0. The summed E-state index contributed by atoms with van der Waals surface area (Å²) >= 11 is 11.9. The van der Waals surface area contributed by atoms with Crippen LogP contribution >= 0.6 is 23.2 Å². The van der Waals surface area contributed by atoms with Gasteiger partial charge >= 0.3 is 0 Å². The summed E-state index contributed by atoms with van der Waals surface area (Å²) in [6.45, 7) is 0. The molecule has 2 amide bonds. The number of anilines is 1. The smallest absolute Gasteiger partial charge is 0.269 e. The molecule has 0 aliphatic rings. The molecule has 32 heavy (non-hydrogen) atoms. The Hall–Kier alpha value is -3.69. The maximum atomic E-state index is 12.8. The van der Waals surface area contributed by atoms with Gasteiger partial charge in [-0.05, 0) is 35.9 Å². The van der Waals surface area contributed by atoms with Crippen molar-refractivity contribution in [3.8, 4) is 0 Å². The van der Waals surface area contributed by atoms with Gasteiger partial charge in [-0.25, -0.2) is 4.98 Å². The number of carbonyl (C=O) groups excluding carboxylic acids is 2. The Morgan fingerprint density at radius 3 is 2.31 bits per heavy atom. The summed E-state index contributed by atoms with van der Waals surface area (Å²) < 4.78 is 0. The molecule has 3 aromatic rings. The number of nitro benzene ring substituents is 1. The lowest BCUT2D eigenvalue weighted by atomic mass is 10.0. The molecule has 1 aromatic heterocycles. The summed E-state index contributed by atoms with van der Waals surface area (Å²) in [6, 6.07) is 14.1. The van der Waals surface area contributed by atoms with Gasteiger partial charge in [0.2, 0.25) is 0 Å². The SMILES string of the molecule is O=C(N[C@@H](Cc1ccc([N+](=O)[O-])cc1)C(=O)NNc1ccccn1)c1cc(Cl)cc(Cl)c1. The van der Waals surface area contributed by atoms with Crippen molar-refractivity contribution >= 4 is 46.5 Å². The van der Waals surface area contributed by atoms with Crippen LogP contribution in [0.1, 0.15) is 15.9 Å². The highest BCUT2D eigenvalue weighted by Crippen LogP contribution is 2.19. The van der Waals surface area contributed by atoms with Crippen molar-refractivity contribution < 1.29 is 14.5 Å². The van der Waals surface area contributed by atoms with Crippen LogP contribution in [0.3, 0.4) is 0 Å². The van der Waals surface area contributed by atoms with Crippen LogP contribution in [0.4, 0.5) is 11.5 Å². The van der Waals surface area contributed by atoms with Crippen molar-refractivity contribution in [3.63, 3.8) is 0 Å². The highest BCUT2D eigenvalue weighted by Gasteiger charge is 2.23. The number of hydrogen-bond donors (Lipinski definition) is 3. The van der Waals surface area contributed by atoms with Crippen molar-refractivity contribution in [1.29, 1.82) is 0 Å². The van der Waals surface area contributed by atoms with Gasteiger partial charge in [-0.15, -0.1) is 0 Å². The number of halogens is 2. The van der Waals surface area contributed by atoms with Gasteiger partial charge in [0.1, 0.15) is 11.9 Å². The highest BCUT2D eigenvalue weighted by molar-refractivity contribution is 6.35. The average molecular weight is 474 g/mol. The number of amides is 2. The van der Waals surface area contributed by atoms with E-state index in [4.69, 9.17) is 23.2 Å². The van der Waals surface area contributed by atoms with E-state index in [-0.39, 0.29) is 27.7 Å². The van der Waals surface area contributed by atoms with Crippen molar-refractivity contribution in [3.05, 3.63) is 98.1 Å². The van der Waals surface area contributed by atoms with E-state index in [9.17, 15) is 19.7 Å². The van der Waals surface area contributed by atoms with Crippen LogP contribution in [0.2, 0.25) is 10.0 Å². The molecule has 11 heteroatoms. The van der Waals surface area contributed by atoms with Crippen LogP contribution in [0.5, 0.6) is 0 Å². The fourth-order valence-electron chi connectivity index (χ4n) is 2.77. The molecule has 0 spiro atoms. The van der Waals surface area contributed by atoms with Gasteiger partial charge in [0.05, 0.1) is 4.92 Å². The Balaban J connectivity index is 1.78. The fourth-order valence-corrected chi connectivity index (χ4v) is 3.30. The highest BCUT2D eigenvalue weighted by atomic mass is 35.5. The van der Waals surface area contributed by atoms with Gasteiger partial charge in [-0.1, -0.05) is 41.4 Å². The van der Waals surface area contributed by atoms with Crippen LogP contribution < -0.4 is 16.2 Å². The predicted molar refractivity (Wildman–Crippen MR) is 121 cm³/mol. The number of non-ortho nitro benzene ring substituents is 1. The lowest BCUT2D eigenvalue weighted by Gasteiger charge is -2.19. The third kappa shape index (κ3) is 6.40. The normalized spacial score (nSPS) is 11.3. The van der Waals surface area contributed by atoms with E-state index in [1.165, 1.54) is 42.5 Å². The minimum Gasteiger partial charge on any atom is -0.340 e. The van der Waals surface area contributed by atoms with Crippen LogP contribution in [-0.4, -0.2) is 27.8 Å². The number of rotatable bonds is 8. The van der Waals surface area contributed by atoms with E-state index in [1.807, 2.05) is 0 Å². The lowest BCUT2D eigenvalue weighted by molar-refractivity contribution is -0.384. The number of nitro groups is 1. The second-order valence-electron chi connectivity index (χ2n) is 6.64. The average Bonchev–Trinajstić information content (AvgIpc) is 2.77. The van der Waals surface area contributed by atoms with Crippen LogP contribution in [0.15, 0.2) is 66.9 Å². The van der Waals surface area contributed by atoms with Gasteiger partial charge in [-0.3, -0.25) is 30.6 Å². The third-order valence-corrected chi connectivity index (χ3v) is 4.75. The summed E-state index contributed by atoms with van der Waals surface area (Å²) in [5, 5.41) is 14.1. The largest absolute Gasteiger partial charge is 0.340 e. The Bertz CT molecular complexity index is 1110. The topological polar surface area (TPSA) is 126 Å². The summed E-state index contributed by atoms with van der Waals surface area (Å²) in [6.07, 6.45) is 1.63. The molecule has 2 aromatic carbocycles. The van der Waals surface area contributed by atoms with Gasteiger partial charge in [-0.2, -0.15) is 0 Å². The Labute approximate surface area is 192 Å². The number of hydrogen-bond acceptors (Lipinski definition) is 6. The molecule has 1 heterocycles. The second kappa shape index (κ2) is 10.6. The number of pyridine rings is 1. The number of aromatic nitrogens is 1. The number of benzene rings is 2. The van der Waals surface area contributed by atoms with Crippen molar-refractivity contribution in [2.75, 3.05) is 5.43 Å². The molecule has 164 valence electrons. The molecule has 1 atom stereocenters. The fraction of sp³-hybridized carbons (Fsp3) is 0.0952. The zero-order valence-corrected chi connectivity index (χ0v) is 17.9. The summed E-state index contributed by atoms with van der Waals surface area (Å²) in [4.78, 5) is 40.0. The maximum Gasteiger partial charge on any atom is 0.269 e. The van der Waals surface area contributed by atoms with E-state index in [0.717, 1.165) is 0 Å². The predicted octanol–water partition coefficient (Wildman–Crippen LogP) is 3.78. The Kier molecular flexibility index (Phi) is 7.58. The first-order valence-electron chi connectivity index (χ1n) is 9.29. The standard InChI is InChI=1S/C21H17Cl2N5O4/c22-15-10-14(11-16(23)12-15)20(29)25-18(9-13-4-6-17(7-5-13)28(31)32)21(30)27-26-19-3-1-2-8-24-19/h1-8,10-12,18H,9H2,(H,24,26)(H,25,29)(H,27,30)/t18-/m0/s1.